The van der Waals surface area contributed by atoms with Crippen molar-refractivity contribution < 1.29 is 9.53 Å². The van der Waals surface area contributed by atoms with Crippen LogP contribution in [0.5, 0.6) is 0 Å². The van der Waals surface area contributed by atoms with Crippen molar-refractivity contribution in [2.24, 2.45) is 5.73 Å². The number of amides is 1. The number of aryl methyl sites for hydroxylation is 1. The van der Waals surface area contributed by atoms with E-state index in [-0.39, 0.29) is 18.1 Å². The smallest absolute Gasteiger partial charge is 0.251 e. The van der Waals surface area contributed by atoms with E-state index < -0.39 is 0 Å². The Bertz CT molecular complexity index is 448. The van der Waals surface area contributed by atoms with Crippen molar-refractivity contribution in [3.8, 4) is 0 Å². The number of carbonyl (C=O) groups excluding carboxylic acids is 1. The highest BCUT2D eigenvalue weighted by molar-refractivity contribution is 5.81. The lowest BCUT2D eigenvalue weighted by atomic mass is 10.1. The Morgan fingerprint density at radius 2 is 2.26 bits per heavy atom. The molecular weight excluding hydrogens is 240 g/mol. The van der Waals surface area contributed by atoms with Gasteiger partial charge in [-0.3, -0.25) is 4.79 Å². The van der Waals surface area contributed by atoms with Crippen molar-refractivity contribution in [1.82, 2.24) is 4.90 Å². The molecule has 0 saturated carbocycles. The molecule has 4 heteroatoms. The molecule has 1 fully saturated rings. The molecule has 0 aliphatic carbocycles. The monoisotopic (exact) mass is 262 g/mol. The fourth-order valence-corrected chi connectivity index (χ4v) is 2.47. The van der Waals surface area contributed by atoms with Gasteiger partial charge in [0.1, 0.15) is 6.10 Å². The van der Waals surface area contributed by atoms with E-state index in [1.807, 2.05) is 19.2 Å². The Labute approximate surface area is 114 Å². The maximum absolute atomic E-state index is 12.3. The molecule has 1 amide bonds. The number of rotatable bonds is 4. The van der Waals surface area contributed by atoms with E-state index in [2.05, 4.69) is 19.1 Å². The van der Waals surface area contributed by atoms with Gasteiger partial charge in [-0.05, 0) is 25.3 Å². The van der Waals surface area contributed by atoms with E-state index in [1.54, 1.807) is 4.90 Å². The Balaban J connectivity index is 1.93. The van der Waals surface area contributed by atoms with Crippen molar-refractivity contribution >= 4 is 5.91 Å². The minimum absolute atomic E-state index is 0.0429. The predicted octanol–water partition coefficient (Wildman–Crippen LogP) is 1.46. The number of carbonyl (C=O) groups is 1. The van der Waals surface area contributed by atoms with Crippen molar-refractivity contribution in [3.05, 3.63) is 35.4 Å². The fraction of sp³-hybridized carbons (Fsp3) is 0.533. The van der Waals surface area contributed by atoms with Crippen molar-refractivity contribution in [1.29, 1.82) is 0 Å². The summed E-state index contributed by atoms with van der Waals surface area (Å²) in [4.78, 5) is 14.0. The van der Waals surface area contributed by atoms with E-state index in [0.29, 0.717) is 13.1 Å². The minimum atomic E-state index is -0.316. The lowest BCUT2D eigenvalue weighted by Crippen LogP contribution is -2.36. The Morgan fingerprint density at radius 3 is 2.89 bits per heavy atom. The average molecular weight is 262 g/mol. The van der Waals surface area contributed by atoms with Crippen LogP contribution in [0.2, 0.25) is 0 Å². The third-order valence-corrected chi connectivity index (χ3v) is 3.52. The number of nitrogens with zero attached hydrogens (tertiary/aromatic N) is 1. The quantitative estimate of drug-likeness (QED) is 0.893. The first-order valence-electron chi connectivity index (χ1n) is 6.76. The van der Waals surface area contributed by atoms with Gasteiger partial charge in [-0.25, -0.2) is 0 Å². The van der Waals surface area contributed by atoms with Crippen LogP contribution < -0.4 is 5.73 Å². The third-order valence-electron chi connectivity index (χ3n) is 3.52. The molecule has 1 aromatic carbocycles. The number of hydrogen-bond acceptors (Lipinski definition) is 3. The van der Waals surface area contributed by atoms with Gasteiger partial charge in [0.25, 0.3) is 5.91 Å². The topological polar surface area (TPSA) is 55.6 Å². The van der Waals surface area contributed by atoms with Gasteiger partial charge in [0.2, 0.25) is 0 Å². The van der Waals surface area contributed by atoms with Crippen LogP contribution in [0.3, 0.4) is 0 Å². The van der Waals surface area contributed by atoms with Crippen LogP contribution in [0.1, 0.15) is 24.0 Å². The van der Waals surface area contributed by atoms with E-state index in [1.165, 1.54) is 5.56 Å². The van der Waals surface area contributed by atoms with Crippen LogP contribution in [0, 0.1) is 6.92 Å². The summed E-state index contributed by atoms with van der Waals surface area (Å²) in [6.45, 7) is 3.16. The highest BCUT2D eigenvalue weighted by Crippen LogP contribution is 2.21. The van der Waals surface area contributed by atoms with E-state index >= 15 is 0 Å². The first-order valence-corrected chi connectivity index (χ1v) is 6.76. The summed E-state index contributed by atoms with van der Waals surface area (Å²) in [6, 6.07) is 8.20. The summed E-state index contributed by atoms with van der Waals surface area (Å²) in [6.07, 6.45) is 1.38. The lowest BCUT2D eigenvalue weighted by Gasteiger charge is -2.21. The number of hydrogen-bond donors (Lipinski definition) is 1. The largest absolute Gasteiger partial charge is 0.364 e. The Morgan fingerprint density at radius 1 is 1.47 bits per heavy atom. The SMILES string of the molecule is Cc1cccc(CN(C)C(=O)[C@@H]2CC[C@H](CN)O2)c1. The Hall–Kier alpha value is -1.39. The molecule has 1 aliphatic rings. The number of likely N-dealkylation sites (N-methyl/N-ethyl adjacent to an activating group) is 1. The summed E-state index contributed by atoms with van der Waals surface area (Å²) in [5.74, 6) is 0.0532. The molecule has 104 valence electrons. The average Bonchev–Trinajstić information content (AvgIpc) is 2.86. The zero-order valence-electron chi connectivity index (χ0n) is 11.6. The van der Waals surface area contributed by atoms with Crippen molar-refractivity contribution in [2.75, 3.05) is 13.6 Å². The van der Waals surface area contributed by atoms with Crippen LogP contribution >= 0.6 is 0 Å². The minimum Gasteiger partial charge on any atom is -0.364 e. The molecule has 0 radical (unpaired) electrons. The van der Waals surface area contributed by atoms with Gasteiger partial charge >= 0.3 is 0 Å². The zero-order valence-corrected chi connectivity index (χ0v) is 11.6. The van der Waals surface area contributed by atoms with E-state index in [9.17, 15) is 4.79 Å². The maximum atomic E-state index is 12.3. The molecule has 1 aromatic rings. The van der Waals surface area contributed by atoms with Gasteiger partial charge in [0, 0.05) is 20.1 Å². The summed E-state index contributed by atoms with van der Waals surface area (Å²) < 4.78 is 5.64. The zero-order chi connectivity index (χ0) is 13.8. The second-order valence-electron chi connectivity index (χ2n) is 5.24. The standard InChI is InChI=1S/C15H22N2O2/c1-11-4-3-5-12(8-11)10-17(2)15(18)14-7-6-13(9-16)19-14/h3-5,8,13-14H,6-7,9-10,16H2,1-2H3/t13-,14+/m1/s1. The van der Waals surface area contributed by atoms with E-state index in [0.717, 1.165) is 18.4 Å². The molecule has 1 saturated heterocycles. The highest BCUT2D eigenvalue weighted by Gasteiger charge is 2.31. The maximum Gasteiger partial charge on any atom is 0.251 e. The van der Waals surface area contributed by atoms with Crippen molar-refractivity contribution in [2.45, 2.75) is 38.5 Å². The molecule has 19 heavy (non-hydrogen) atoms. The molecule has 2 N–H and O–H groups in total. The third kappa shape index (κ3) is 3.55. The summed E-state index contributed by atoms with van der Waals surface area (Å²) in [5, 5.41) is 0. The van der Waals surface area contributed by atoms with Crippen LogP contribution in [0.15, 0.2) is 24.3 Å². The number of nitrogens with two attached hydrogens (primary N) is 1. The molecule has 0 unspecified atom stereocenters. The molecule has 1 heterocycles. The molecule has 2 rings (SSSR count). The van der Waals surface area contributed by atoms with Gasteiger partial charge < -0.3 is 15.4 Å². The van der Waals surface area contributed by atoms with Crippen molar-refractivity contribution in [3.63, 3.8) is 0 Å². The van der Waals surface area contributed by atoms with Gasteiger partial charge in [0.05, 0.1) is 6.10 Å². The van der Waals surface area contributed by atoms with Crippen LogP contribution in [-0.2, 0) is 16.1 Å². The molecule has 0 aromatic heterocycles. The molecule has 2 atom stereocenters. The predicted molar refractivity (Wildman–Crippen MR) is 74.6 cm³/mol. The highest BCUT2D eigenvalue weighted by atomic mass is 16.5. The normalized spacial score (nSPS) is 22.5. The molecule has 4 nitrogen and oxygen atoms in total. The molecule has 0 spiro atoms. The fourth-order valence-electron chi connectivity index (χ4n) is 2.47. The van der Waals surface area contributed by atoms with Crippen LogP contribution in [0.4, 0.5) is 0 Å². The van der Waals surface area contributed by atoms with Gasteiger partial charge in [-0.15, -0.1) is 0 Å². The molecule has 1 aliphatic heterocycles. The molecule has 0 bridgehead atoms. The number of ether oxygens (including phenoxy) is 1. The van der Waals surface area contributed by atoms with E-state index in [4.69, 9.17) is 10.5 Å². The van der Waals surface area contributed by atoms with Gasteiger partial charge in [0.15, 0.2) is 0 Å². The summed E-state index contributed by atoms with van der Waals surface area (Å²) >= 11 is 0. The second-order valence-corrected chi connectivity index (χ2v) is 5.24. The van der Waals surface area contributed by atoms with Crippen LogP contribution in [0.25, 0.3) is 0 Å². The second kappa shape index (κ2) is 6.17. The number of benzene rings is 1. The van der Waals surface area contributed by atoms with Gasteiger partial charge in [-0.1, -0.05) is 29.8 Å². The Kier molecular flexibility index (Phi) is 4.56. The van der Waals surface area contributed by atoms with Gasteiger partial charge in [-0.2, -0.15) is 0 Å². The van der Waals surface area contributed by atoms with Crippen LogP contribution in [-0.4, -0.2) is 36.6 Å². The first kappa shape index (κ1) is 14.0. The summed E-state index contributed by atoms with van der Waals surface area (Å²) in [7, 11) is 1.82. The first-order chi connectivity index (χ1) is 9.10. The molecular formula is C15H22N2O2. The lowest BCUT2D eigenvalue weighted by molar-refractivity contribution is -0.141. The summed E-state index contributed by atoms with van der Waals surface area (Å²) in [5.41, 5.74) is 7.91.